The highest BCUT2D eigenvalue weighted by molar-refractivity contribution is 6.33. The van der Waals surface area contributed by atoms with Crippen molar-refractivity contribution in [3.05, 3.63) is 86.6 Å². The van der Waals surface area contributed by atoms with Crippen LogP contribution in [0.4, 0.5) is 5.82 Å². The molecule has 1 fully saturated rings. The lowest BCUT2D eigenvalue weighted by atomic mass is 10.0. The molecule has 1 aliphatic rings. The molecule has 37 heavy (non-hydrogen) atoms. The van der Waals surface area contributed by atoms with Crippen LogP contribution in [0.1, 0.15) is 38.7 Å². The Morgan fingerprint density at radius 1 is 1.05 bits per heavy atom. The Kier molecular flexibility index (Phi) is 7.30. The van der Waals surface area contributed by atoms with Crippen LogP contribution in [-0.4, -0.2) is 39.6 Å². The van der Waals surface area contributed by atoms with Gasteiger partial charge in [-0.2, -0.15) is 0 Å². The van der Waals surface area contributed by atoms with Gasteiger partial charge in [0, 0.05) is 46.2 Å². The Labute approximate surface area is 228 Å². The average Bonchev–Trinajstić information content (AvgIpc) is 3.17. The number of rotatable bonds is 6. The lowest BCUT2D eigenvalue weighted by Gasteiger charge is -2.27. The van der Waals surface area contributed by atoms with E-state index in [0.717, 1.165) is 34.1 Å². The van der Waals surface area contributed by atoms with E-state index in [4.69, 9.17) is 28.2 Å². The SMILES string of the molecule is Cc1cccc(Cl)c1-n1c(=O)ccc2c(-c3ccccc3Cl)nc(NC(C)CC3CCC(C)N3C)cc21. The molecule has 1 N–H and O–H groups in total. The highest BCUT2D eigenvalue weighted by Crippen LogP contribution is 2.35. The first-order chi connectivity index (χ1) is 17.7. The van der Waals surface area contributed by atoms with Crippen LogP contribution < -0.4 is 10.9 Å². The molecule has 0 amide bonds. The van der Waals surface area contributed by atoms with Crippen molar-refractivity contribution in [1.29, 1.82) is 0 Å². The molecule has 2 aromatic carbocycles. The number of hydrogen-bond donors (Lipinski definition) is 1. The fourth-order valence-electron chi connectivity index (χ4n) is 5.51. The van der Waals surface area contributed by atoms with Gasteiger partial charge < -0.3 is 10.2 Å². The Morgan fingerprint density at radius 3 is 2.51 bits per heavy atom. The topological polar surface area (TPSA) is 50.2 Å². The number of aromatic nitrogens is 2. The van der Waals surface area contributed by atoms with Crippen LogP contribution in [-0.2, 0) is 0 Å². The monoisotopic (exact) mass is 534 g/mol. The first-order valence-corrected chi connectivity index (χ1v) is 13.6. The molecule has 3 heterocycles. The van der Waals surface area contributed by atoms with Crippen molar-refractivity contribution in [2.75, 3.05) is 12.4 Å². The molecule has 1 aliphatic heterocycles. The van der Waals surface area contributed by atoms with Crippen LogP contribution in [0.5, 0.6) is 0 Å². The Bertz CT molecular complexity index is 1500. The minimum Gasteiger partial charge on any atom is -0.367 e. The molecule has 0 bridgehead atoms. The molecule has 0 radical (unpaired) electrons. The summed E-state index contributed by atoms with van der Waals surface area (Å²) < 4.78 is 1.69. The molecule has 0 aliphatic carbocycles. The smallest absolute Gasteiger partial charge is 0.255 e. The van der Waals surface area contributed by atoms with E-state index in [1.54, 1.807) is 10.6 Å². The van der Waals surface area contributed by atoms with Crippen molar-refractivity contribution in [3.63, 3.8) is 0 Å². The lowest BCUT2D eigenvalue weighted by molar-refractivity contribution is 0.238. The standard InChI is InChI=1S/C30H32Cl2N4O/c1-18-8-7-11-25(32)30(18)36-26-17-27(33-19(2)16-21-13-12-20(3)35(21)4)34-29(23(26)14-15-28(36)37)22-9-5-6-10-24(22)31/h5-11,14-15,17,19-21H,12-13,16H2,1-4H3,(H,33,34). The van der Waals surface area contributed by atoms with Gasteiger partial charge >= 0.3 is 0 Å². The number of anilines is 1. The van der Waals surface area contributed by atoms with Gasteiger partial charge in [0.05, 0.1) is 21.9 Å². The zero-order chi connectivity index (χ0) is 26.3. The number of para-hydroxylation sites is 1. The fraction of sp³-hybridized carbons (Fsp3) is 0.333. The van der Waals surface area contributed by atoms with E-state index < -0.39 is 0 Å². The van der Waals surface area contributed by atoms with Gasteiger partial charge in [-0.1, -0.05) is 53.5 Å². The highest BCUT2D eigenvalue weighted by atomic mass is 35.5. The van der Waals surface area contributed by atoms with Gasteiger partial charge in [0.15, 0.2) is 0 Å². The van der Waals surface area contributed by atoms with Crippen molar-refractivity contribution < 1.29 is 0 Å². The van der Waals surface area contributed by atoms with E-state index in [0.29, 0.717) is 33.6 Å². The molecular weight excluding hydrogens is 503 g/mol. The maximum absolute atomic E-state index is 13.3. The van der Waals surface area contributed by atoms with E-state index >= 15 is 0 Å². The number of benzene rings is 2. The summed E-state index contributed by atoms with van der Waals surface area (Å²) >= 11 is 13.3. The summed E-state index contributed by atoms with van der Waals surface area (Å²) in [5, 5.41) is 5.58. The summed E-state index contributed by atoms with van der Waals surface area (Å²) in [6, 6.07) is 20.0. The number of nitrogens with zero attached hydrogens (tertiary/aromatic N) is 3. The summed E-state index contributed by atoms with van der Waals surface area (Å²) in [6.45, 7) is 6.44. The van der Waals surface area contributed by atoms with Crippen molar-refractivity contribution >= 4 is 39.9 Å². The molecule has 192 valence electrons. The van der Waals surface area contributed by atoms with E-state index in [1.807, 2.05) is 61.5 Å². The summed E-state index contributed by atoms with van der Waals surface area (Å²) in [6.07, 6.45) is 3.43. The number of nitrogens with one attached hydrogen (secondary N) is 1. The number of fused-ring (bicyclic) bond motifs is 1. The lowest BCUT2D eigenvalue weighted by Crippen LogP contribution is -2.34. The van der Waals surface area contributed by atoms with Crippen molar-refractivity contribution in [2.24, 2.45) is 0 Å². The predicted molar refractivity (Wildman–Crippen MR) is 155 cm³/mol. The quantitative estimate of drug-likeness (QED) is 0.281. The molecule has 0 saturated carbocycles. The number of pyridine rings is 2. The molecule has 5 rings (SSSR count). The third-order valence-electron chi connectivity index (χ3n) is 7.64. The fourth-order valence-corrected chi connectivity index (χ4v) is 6.04. The molecule has 7 heteroatoms. The van der Waals surface area contributed by atoms with Crippen LogP contribution in [0.2, 0.25) is 10.0 Å². The van der Waals surface area contributed by atoms with Crippen LogP contribution in [0, 0.1) is 6.92 Å². The van der Waals surface area contributed by atoms with Gasteiger partial charge in [0.2, 0.25) is 0 Å². The molecule has 1 saturated heterocycles. The van der Waals surface area contributed by atoms with Gasteiger partial charge in [-0.15, -0.1) is 0 Å². The highest BCUT2D eigenvalue weighted by Gasteiger charge is 2.28. The van der Waals surface area contributed by atoms with E-state index in [9.17, 15) is 4.79 Å². The maximum atomic E-state index is 13.3. The van der Waals surface area contributed by atoms with Crippen molar-refractivity contribution in [3.8, 4) is 16.9 Å². The second-order valence-electron chi connectivity index (χ2n) is 10.2. The molecule has 4 aromatic rings. The maximum Gasteiger partial charge on any atom is 0.255 e. The van der Waals surface area contributed by atoms with E-state index in [1.165, 1.54) is 12.8 Å². The summed E-state index contributed by atoms with van der Waals surface area (Å²) in [4.78, 5) is 20.8. The number of likely N-dealkylation sites (tertiary alicyclic amines) is 1. The molecule has 3 unspecified atom stereocenters. The van der Waals surface area contributed by atoms with Crippen molar-refractivity contribution in [2.45, 2.75) is 58.2 Å². The first kappa shape index (κ1) is 25.8. The molecule has 5 nitrogen and oxygen atoms in total. The van der Waals surface area contributed by atoms with Crippen LogP contribution in [0.3, 0.4) is 0 Å². The summed E-state index contributed by atoms with van der Waals surface area (Å²) in [5.74, 6) is 0.702. The zero-order valence-corrected chi connectivity index (χ0v) is 23.1. The van der Waals surface area contributed by atoms with Crippen molar-refractivity contribution in [1.82, 2.24) is 14.5 Å². The Balaban J connectivity index is 1.68. The average molecular weight is 536 g/mol. The van der Waals surface area contributed by atoms with E-state index in [-0.39, 0.29) is 11.6 Å². The van der Waals surface area contributed by atoms with Gasteiger partial charge in [-0.3, -0.25) is 9.36 Å². The third-order valence-corrected chi connectivity index (χ3v) is 8.28. The molecule has 2 aromatic heterocycles. The third kappa shape index (κ3) is 5.00. The van der Waals surface area contributed by atoms with Crippen LogP contribution >= 0.6 is 23.2 Å². The number of halogens is 2. The van der Waals surface area contributed by atoms with E-state index in [2.05, 4.69) is 31.1 Å². The van der Waals surface area contributed by atoms with Crippen LogP contribution in [0.25, 0.3) is 27.8 Å². The second kappa shape index (κ2) is 10.5. The Morgan fingerprint density at radius 2 is 1.81 bits per heavy atom. The molecule has 0 spiro atoms. The molecular formula is C30H32Cl2N4O. The first-order valence-electron chi connectivity index (χ1n) is 12.8. The number of hydrogen-bond acceptors (Lipinski definition) is 4. The Hall–Kier alpha value is -2.86. The minimum absolute atomic E-state index is 0.152. The van der Waals surface area contributed by atoms with Gasteiger partial charge in [0.1, 0.15) is 5.82 Å². The normalized spacial score (nSPS) is 18.9. The second-order valence-corrected chi connectivity index (χ2v) is 11.0. The summed E-state index contributed by atoms with van der Waals surface area (Å²) in [7, 11) is 2.21. The zero-order valence-electron chi connectivity index (χ0n) is 21.6. The van der Waals surface area contributed by atoms with Gasteiger partial charge in [-0.05, 0) is 70.8 Å². The molecule has 3 atom stereocenters. The van der Waals surface area contributed by atoms with Crippen LogP contribution in [0.15, 0.2) is 65.5 Å². The van der Waals surface area contributed by atoms with Gasteiger partial charge in [0.25, 0.3) is 5.56 Å². The summed E-state index contributed by atoms with van der Waals surface area (Å²) in [5.41, 5.74) is 3.71. The predicted octanol–water partition coefficient (Wildman–Crippen LogP) is 7.34. The minimum atomic E-state index is -0.152. The largest absolute Gasteiger partial charge is 0.367 e. The number of aryl methyl sites for hydroxylation is 1. The van der Waals surface area contributed by atoms with Gasteiger partial charge in [-0.25, -0.2) is 4.98 Å².